The average Bonchev–Trinajstić information content (AvgIpc) is 3.06. The van der Waals surface area contributed by atoms with E-state index in [1.165, 1.54) is 12.0 Å². The van der Waals surface area contributed by atoms with Crippen LogP contribution in [-0.4, -0.2) is 11.8 Å². The third kappa shape index (κ3) is 4.43. The summed E-state index contributed by atoms with van der Waals surface area (Å²) in [6.45, 7) is 8.34. The summed E-state index contributed by atoms with van der Waals surface area (Å²) in [5.41, 5.74) is 3.40. The Labute approximate surface area is 184 Å². The fourth-order valence-corrected chi connectivity index (χ4v) is 4.24. The predicted octanol–water partition coefficient (Wildman–Crippen LogP) is 6.39. The second-order valence-corrected chi connectivity index (χ2v) is 9.63. The van der Waals surface area contributed by atoms with Gasteiger partial charge >= 0.3 is 5.97 Å². The van der Waals surface area contributed by atoms with Crippen LogP contribution in [0, 0.1) is 12.8 Å². The standard InChI is InChI=1S/C27H30O4/c1-17-22(31-26(29)19-8-6-5-7-9-19)15-14-21-24(28)23(30-25(17)21)16-18-10-12-20(13-11-18)27(2,3)4/h10-16,19H,5-9H2,1-4H3/b23-16-. The molecule has 1 aliphatic heterocycles. The van der Waals surface area contributed by atoms with Gasteiger partial charge in [0.1, 0.15) is 11.5 Å². The lowest BCUT2D eigenvalue weighted by Gasteiger charge is -2.20. The Morgan fingerprint density at radius 3 is 2.35 bits per heavy atom. The van der Waals surface area contributed by atoms with Crippen molar-refractivity contribution < 1.29 is 19.1 Å². The monoisotopic (exact) mass is 418 g/mol. The highest BCUT2D eigenvalue weighted by Gasteiger charge is 2.31. The number of ether oxygens (including phenoxy) is 2. The van der Waals surface area contributed by atoms with E-state index in [2.05, 4.69) is 32.9 Å². The maximum atomic E-state index is 12.9. The maximum absolute atomic E-state index is 12.9. The lowest BCUT2D eigenvalue weighted by Crippen LogP contribution is -2.23. The smallest absolute Gasteiger partial charge is 0.314 e. The molecule has 1 heterocycles. The van der Waals surface area contributed by atoms with Gasteiger partial charge in [0.25, 0.3) is 0 Å². The van der Waals surface area contributed by atoms with Crippen molar-refractivity contribution in [1.29, 1.82) is 0 Å². The van der Waals surface area contributed by atoms with Gasteiger partial charge in [0.2, 0.25) is 5.78 Å². The summed E-state index contributed by atoms with van der Waals surface area (Å²) in [6, 6.07) is 11.5. The van der Waals surface area contributed by atoms with Crippen molar-refractivity contribution in [2.45, 2.75) is 65.2 Å². The summed E-state index contributed by atoms with van der Waals surface area (Å²) in [7, 11) is 0. The molecule has 1 aliphatic carbocycles. The van der Waals surface area contributed by atoms with Crippen LogP contribution in [0.15, 0.2) is 42.2 Å². The second kappa shape index (κ2) is 8.33. The van der Waals surface area contributed by atoms with Crippen molar-refractivity contribution in [3.8, 4) is 11.5 Å². The van der Waals surface area contributed by atoms with Crippen LogP contribution in [0.4, 0.5) is 0 Å². The second-order valence-electron chi connectivity index (χ2n) is 9.63. The zero-order chi connectivity index (χ0) is 22.2. The lowest BCUT2D eigenvalue weighted by molar-refractivity contribution is -0.140. The topological polar surface area (TPSA) is 52.6 Å². The molecule has 4 heteroatoms. The molecule has 0 unspecified atom stereocenters. The highest BCUT2D eigenvalue weighted by molar-refractivity contribution is 6.15. The van der Waals surface area contributed by atoms with Gasteiger partial charge in [-0.25, -0.2) is 0 Å². The zero-order valence-corrected chi connectivity index (χ0v) is 18.8. The molecule has 2 aliphatic rings. The van der Waals surface area contributed by atoms with E-state index in [9.17, 15) is 9.59 Å². The normalized spacial score (nSPS) is 18.1. The average molecular weight is 419 g/mol. The first kappa shape index (κ1) is 21.4. The number of rotatable bonds is 3. The number of ketones is 1. The molecule has 0 radical (unpaired) electrons. The largest absolute Gasteiger partial charge is 0.452 e. The van der Waals surface area contributed by atoms with Crippen molar-refractivity contribution in [3.05, 3.63) is 64.4 Å². The third-order valence-corrected chi connectivity index (χ3v) is 6.26. The van der Waals surface area contributed by atoms with Crippen LogP contribution >= 0.6 is 0 Å². The van der Waals surface area contributed by atoms with E-state index in [1.54, 1.807) is 18.2 Å². The quantitative estimate of drug-likeness (QED) is 0.329. The van der Waals surface area contributed by atoms with Crippen LogP contribution in [0.1, 0.15) is 79.9 Å². The first-order valence-corrected chi connectivity index (χ1v) is 11.1. The Morgan fingerprint density at radius 2 is 1.71 bits per heavy atom. The number of fused-ring (bicyclic) bond motifs is 1. The van der Waals surface area contributed by atoms with Crippen LogP contribution in [0.25, 0.3) is 6.08 Å². The van der Waals surface area contributed by atoms with Crippen LogP contribution in [-0.2, 0) is 10.2 Å². The van der Waals surface area contributed by atoms with Crippen molar-refractivity contribution in [2.75, 3.05) is 0 Å². The van der Waals surface area contributed by atoms with Gasteiger partial charge in [-0.05, 0) is 54.5 Å². The minimum atomic E-state index is -0.179. The molecule has 31 heavy (non-hydrogen) atoms. The minimum Gasteiger partial charge on any atom is -0.452 e. The van der Waals surface area contributed by atoms with Gasteiger partial charge in [-0.15, -0.1) is 0 Å². The maximum Gasteiger partial charge on any atom is 0.314 e. The molecule has 0 saturated heterocycles. The van der Waals surface area contributed by atoms with Crippen molar-refractivity contribution in [1.82, 2.24) is 0 Å². The molecule has 0 atom stereocenters. The van der Waals surface area contributed by atoms with E-state index in [-0.39, 0.29) is 28.8 Å². The molecule has 4 nitrogen and oxygen atoms in total. The summed E-state index contributed by atoms with van der Waals surface area (Å²) < 4.78 is 11.6. The molecule has 0 spiro atoms. The van der Waals surface area contributed by atoms with Crippen LogP contribution in [0.5, 0.6) is 11.5 Å². The highest BCUT2D eigenvalue weighted by Crippen LogP contribution is 2.40. The van der Waals surface area contributed by atoms with Gasteiger partial charge in [-0.3, -0.25) is 9.59 Å². The fraction of sp³-hybridized carbons (Fsp3) is 0.407. The Kier molecular flexibility index (Phi) is 5.74. The number of benzene rings is 2. The summed E-state index contributed by atoms with van der Waals surface area (Å²) in [4.78, 5) is 25.4. The van der Waals surface area contributed by atoms with E-state index in [4.69, 9.17) is 9.47 Å². The van der Waals surface area contributed by atoms with Gasteiger partial charge in [-0.1, -0.05) is 64.3 Å². The SMILES string of the molecule is Cc1c(OC(=O)C2CCCCC2)ccc2c1O/C(=C\c1ccc(C(C)(C)C)cc1)C2=O. The van der Waals surface area contributed by atoms with E-state index < -0.39 is 0 Å². The Balaban J connectivity index is 1.54. The number of hydrogen-bond donors (Lipinski definition) is 0. The molecule has 4 rings (SSSR count). The van der Waals surface area contributed by atoms with Crippen LogP contribution < -0.4 is 9.47 Å². The van der Waals surface area contributed by atoms with Gasteiger partial charge in [0.15, 0.2) is 5.76 Å². The summed E-state index contributed by atoms with van der Waals surface area (Å²) in [6.07, 6.45) is 6.88. The number of esters is 1. The van der Waals surface area contributed by atoms with E-state index in [1.807, 2.05) is 19.1 Å². The van der Waals surface area contributed by atoms with Gasteiger partial charge in [-0.2, -0.15) is 0 Å². The number of carbonyl (C=O) groups is 2. The Morgan fingerprint density at radius 1 is 1.03 bits per heavy atom. The molecule has 1 fully saturated rings. The molecule has 162 valence electrons. The summed E-state index contributed by atoms with van der Waals surface area (Å²) in [5.74, 6) is 0.882. The first-order valence-electron chi connectivity index (χ1n) is 11.1. The van der Waals surface area contributed by atoms with Crippen LogP contribution in [0.2, 0.25) is 0 Å². The van der Waals surface area contributed by atoms with Crippen LogP contribution in [0.3, 0.4) is 0 Å². The molecular formula is C27H30O4. The predicted molar refractivity (Wildman–Crippen MR) is 121 cm³/mol. The lowest BCUT2D eigenvalue weighted by atomic mass is 9.86. The highest BCUT2D eigenvalue weighted by atomic mass is 16.5. The van der Waals surface area contributed by atoms with Crippen molar-refractivity contribution >= 4 is 17.8 Å². The number of carbonyl (C=O) groups excluding carboxylic acids is 2. The minimum absolute atomic E-state index is 0.0320. The van der Waals surface area contributed by atoms with E-state index in [0.717, 1.165) is 31.2 Å². The summed E-state index contributed by atoms with van der Waals surface area (Å²) in [5, 5.41) is 0. The van der Waals surface area contributed by atoms with Crippen molar-refractivity contribution in [3.63, 3.8) is 0 Å². The van der Waals surface area contributed by atoms with E-state index >= 15 is 0 Å². The molecule has 2 aromatic rings. The Hall–Kier alpha value is -2.88. The molecule has 0 amide bonds. The number of Topliss-reactive ketones (excluding diaryl/α,β-unsaturated/α-hetero) is 1. The molecular weight excluding hydrogens is 388 g/mol. The fourth-order valence-electron chi connectivity index (χ4n) is 4.24. The third-order valence-electron chi connectivity index (χ3n) is 6.26. The van der Waals surface area contributed by atoms with Gasteiger partial charge in [0.05, 0.1) is 11.5 Å². The first-order chi connectivity index (χ1) is 14.7. The molecule has 0 N–H and O–H groups in total. The van der Waals surface area contributed by atoms with Gasteiger partial charge in [0, 0.05) is 5.56 Å². The molecule has 2 aromatic carbocycles. The molecule has 0 bridgehead atoms. The van der Waals surface area contributed by atoms with Crippen molar-refractivity contribution in [2.24, 2.45) is 5.92 Å². The number of hydrogen-bond acceptors (Lipinski definition) is 4. The number of allylic oxidation sites excluding steroid dienone is 1. The summed E-state index contributed by atoms with van der Waals surface area (Å²) >= 11 is 0. The molecule has 0 aromatic heterocycles. The van der Waals surface area contributed by atoms with Gasteiger partial charge < -0.3 is 9.47 Å². The van der Waals surface area contributed by atoms with E-state index in [0.29, 0.717) is 22.6 Å². The Bertz CT molecular complexity index is 1030. The molecule has 1 saturated carbocycles. The zero-order valence-electron chi connectivity index (χ0n) is 18.8.